The third kappa shape index (κ3) is 3.98. The van der Waals surface area contributed by atoms with E-state index in [1.807, 2.05) is 6.07 Å². The third-order valence-corrected chi connectivity index (χ3v) is 5.48. The number of rotatable bonds is 6. The Labute approximate surface area is 157 Å². The Morgan fingerprint density at radius 2 is 2.00 bits per heavy atom. The Morgan fingerprint density at radius 3 is 2.69 bits per heavy atom. The summed E-state index contributed by atoms with van der Waals surface area (Å²) < 4.78 is 29.6. The van der Waals surface area contributed by atoms with E-state index in [1.165, 1.54) is 12.1 Å². The number of halogens is 1. The van der Waals surface area contributed by atoms with Gasteiger partial charge < -0.3 is 0 Å². The minimum absolute atomic E-state index is 0.0128. The molecule has 0 saturated heterocycles. The SMILES string of the molecule is O=[N+]([O-])c1ccc(Br)cc1S(=O)(=O)NCc1cccc(-n2cccn2)c1. The summed E-state index contributed by atoms with van der Waals surface area (Å²) in [5.41, 5.74) is 0.991. The summed E-state index contributed by atoms with van der Waals surface area (Å²) >= 11 is 3.14. The maximum absolute atomic E-state index is 12.5. The Kier molecular flexibility index (Phi) is 5.16. The first-order valence-electron chi connectivity index (χ1n) is 7.39. The smallest absolute Gasteiger partial charge is 0.258 e. The maximum Gasteiger partial charge on any atom is 0.289 e. The Bertz CT molecular complexity index is 1050. The number of aromatic nitrogens is 2. The van der Waals surface area contributed by atoms with Crippen LogP contribution in [-0.2, 0) is 16.6 Å². The number of sulfonamides is 1. The van der Waals surface area contributed by atoms with Crippen LogP contribution in [0.25, 0.3) is 5.69 Å². The van der Waals surface area contributed by atoms with E-state index < -0.39 is 20.6 Å². The second kappa shape index (κ2) is 7.36. The van der Waals surface area contributed by atoms with Gasteiger partial charge in [0.15, 0.2) is 4.90 Å². The molecule has 3 rings (SSSR count). The van der Waals surface area contributed by atoms with Gasteiger partial charge in [0.25, 0.3) is 5.69 Å². The molecule has 1 heterocycles. The Hall–Kier alpha value is -2.56. The molecule has 0 unspecified atom stereocenters. The first kappa shape index (κ1) is 18.2. The summed E-state index contributed by atoms with van der Waals surface area (Å²) in [6.45, 7) is -0.0128. The van der Waals surface area contributed by atoms with E-state index in [2.05, 4.69) is 25.8 Å². The quantitative estimate of drug-likeness (QED) is 0.471. The zero-order valence-corrected chi connectivity index (χ0v) is 15.6. The highest BCUT2D eigenvalue weighted by molar-refractivity contribution is 9.10. The topological polar surface area (TPSA) is 107 Å². The molecule has 0 fully saturated rings. The lowest BCUT2D eigenvalue weighted by Gasteiger charge is -2.09. The molecule has 0 aliphatic carbocycles. The molecule has 10 heteroatoms. The van der Waals surface area contributed by atoms with Crippen molar-refractivity contribution in [2.24, 2.45) is 0 Å². The molecule has 0 aliphatic rings. The van der Waals surface area contributed by atoms with Crippen molar-refractivity contribution < 1.29 is 13.3 Å². The van der Waals surface area contributed by atoms with Crippen LogP contribution in [0.4, 0.5) is 5.69 Å². The molecule has 8 nitrogen and oxygen atoms in total. The number of nitro groups is 1. The van der Waals surface area contributed by atoms with Crippen LogP contribution >= 0.6 is 15.9 Å². The van der Waals surface area contributed by atoms with Crippen LogP contribution in [0.15, 0.2) is 70.3 Å². The van der Waals surface area contributed by atoms with Crippen LogP contribution < -0.4 is 4.72 Å². The van der Waals surface area contributed by atoms with E-state index in [0.717, 1.165) is 11.8 Å². The molecular formula is C16H13BrN4O4S. The number of hydrogen-bond donors (Lipinski definition) is 1. The highest BCUT2D eigenvalue weighted by atomic mass is 79.9. The number of hydrogen-bond acceptors (Lipinski definition) is 5. The van der Waals surface area contributed by atoms with Crippen LogP contribution in [0.2, 0.25) is 0 Å². The molecule has 1 N–H and O–H groups in total. The minimum Gasteiger partial charge on any atom is -0.258 e. The van der Waals surface area contributed by atoms with Crippen LogP contribution in [0.5, 0.6) is 0 Å². The highest BCUT2D eigenvalue weighted by Crippen LogP contribution is 2.27. The van der Waals surface area contributed by atoms with Gasteiger partial charge in [0.2, 0.25) is 10.0 Å². The van der Waals surface area contributed by atoms with E-state index in [9.17, 15) is 18.5 Å². The summed E-state index contributed by atoms with van der Waals surface area (Å²) in [5, 5.41) is 15.2. The number of nitrogens with zero attached hydrogens (tertiary/aromatic N) is 3. The largest absolute Gasteiger partial charge is 0.289 e. The van der Waals surface area contributed by atoms with Gasteiger partial charge in [-0.1, -0.05) is 28.1 Å². The molecule has 134 valence electrons. The standard InChI is InChI=1S/C16H13BrN4O4S/c17-13-5-6-15(21(22)23)16(10-13)26(24,25)19-11-12-3-1-4-14(9-12)20-8-2-7-18-20/h1-10,19H,11H2. The lowest BCUT2D eigenvalue weighted by molar-refractivity contribution is -0.387. The van der Waals surface area contributed by atoms with Crippen LogP contribution in [0.3, 0.4) is 0 Å². The van der Waals surface area contributed by atoms with Crippen molar-refractivity contribution in [2.45, 2.75) is 11.4 Å². The predicted octanol–water partition coefficient (Wildman–Crippen LogP) is 3.02. The molecule has 26 heavy (non-hydrogen) atoms. The zero-order chi connectivity index (χ0) is 18.7. The first-order valence-corrected chi connectivity index (χ1v) is 9.67. The fourth-order valence-electron chi connectivity index (χ4n) is 2.34. The molecule has 3 aromatic rings. The van der Waals surface area contributed by atoms with Gasteiger partial charge in [-0.05, 0) is 35.9 Å². The Morgan fingerprint density at radius 1 is 1.19 bits per heavy atom. The van der Waals surface area contributed by atoms with Crippen molar-refractivity contribution in [3.8, 4) is 5.69 Å². The third-order valence-electron chi connectivity index (χ3n) is 3.55. The molecule has 0 radical (unpaired) electrons. The lowest BCUT2D eigenvalue weighted by atomic mass is 10.2. The van der Waals surface area contributed by atoms with Gasteiger partial charge in [0.1, 0.15) is 0 Å². The van der Waals surface area contributed by atoms with Gasteiger partial charge in [0.05, 0.1) is 10.6 Å². The summed E-state index contributed by atoms with van der Waals surface area (Å²) in [5.74, 6) is 0. The molecule has 0 amide bonds. The Balaban J connectivity index is 1.85. The molecule has 0 atom stereocenters. The van der Waals surface area contributed by atoms with E-state index in [0.29, 0.717) is 10.0 Å². The molecule has 0 aliphatic heterocycles. The second-order valence-corrected chi connectivity index (χ2v) is 7.97. The second-order valence-electron chi connectivity index (χ2n) is 5.31. The monoisotopic (exact) mass is 436 g/mol. The molecule has 2 aromatic carbocycles. The molecule has 1 aromatic heterocycles. The normalized spacial score (nSPS) is 11.4. The van der Waals surface area contributed by atoms with Gasteiger partial charge in [0, 0.05) is 29.5 Å². The molecule has 0 spiro atoms. The van der Waals surface area contributed by atoms with Gasteiger partial charge in [-0.15, -0.1) is 0 Å². The van der Waals surface area contributed by atoms with Crippen molar-refractivity contribution in [3.63, 3.8) is 0 Å². The van der Waals surface area contributed by atoms with E-state index in [1.54, 1.807) is 41.3 Å². The van der Waals surface area contributed by atoms with Crippen molar-refractivity contribution >= 4 is 31.6 Å². The van der Waals surface area contributed by atoms with E-state index >= 15 is 0 Å². The van der Waals surface area contributed by atoms with Crippen LogP contribution in [0.1, 0.15) is 5.56 Å². The van der Waals surface area contributed by atoms with Crippen LogP contribution in [0, 0.1) is 10.1 Å². The average Bonchev–Trinajstić information content (AvgIpc) is 3.15. The zero-order valence-electron chi connectivity index (χ0n) is 13.2. The van der Waals surface area contributed by atoms with Gasteiger partial charge in [-0.3, -0.25) is 10.1 Å². The first-order chi connectivity index (χ1) is 12.4. The molecule has 0 bridgehead atoms. The van der Waals surface area contributed by atoms with Gasteiger partial charge in [-0.2, -0.15) is 5.10 Å². The summed E-state index contributed by atoms with van der Waals surface area (Å²) in [4.78, 5) is 10.0. The summed E-state index contributed by atoms with van der Waals surface area (Å²) in [6.07, 6.45) is 3.41. The minimum atomic E-state index is -4.07. The van der Waals surface area contributed by atoms with Crippen molar-refractivity contribution in [3.05, 3.63) is 81.1 Å². The van der Waals surface area contributed by atoms with Crippen molar-refractivity contribution in [1.82, 2.24) is 14.5 Å². The molecular weight excluding hydrogens is 424 g/mol. The lowest BCUT2D eigenvalue weighted by Crippen LogP contribution is -2.24. The maximum atomic E-state index is 12.5. The van der Waals surface area contributed by atoms with Gasteiger partial charge >= 0.3 is 0 Å². The van der Waals surface area contributed by atoms with Crippen molar-refractivity contribution in [2.75, 3.05) is 0 Å². The van der Waals surface area contributed by atoms with Crippen molar-refractivity contribution in [1.29, 1.82) is 0 Å². The van der Waals surface area contributed by atoms with Gasteiger partial charge in [-0.25, -0.2) is 17.8 Å². The fraction of sp³-hybridized carbons (Fsp3) is 0.0625. The predicted molar refractivity (Wildman–Crippen MR) is 98.4 cm³/mol. The van der Waals surface area contributed by atoms with E-state index in [-0.39, 0.29) is 11.4 Å². The summed E-state index contributed by atoms with van der Waals surface area (Å²) in [6, 6.07) is 12.7. The summed E-state index contributed by atoms with van der Waals surface area (Å²) in [7, 11) is -4.07. The fourth-order valence-corrected chi connectivity index (χ4v) is 4.07. The van der Waals surface area contributed by atoms with Crippen LogP contribution in [-0.4, -0.2) is 23.1 Å². The number of nitro benzene ring substituents is 1. The van der Waals surface area contributed by atoms with E-state index in [4.69, 9.17) is 0 Å². The molecule has 0 saturated carbocycles. The number of nitrogens with one attached hydrogen (secondary N) is 1. The highest BCUT2D eigenvalue weighted by Gasteiger charge is 2.25. The average molecular weight is 437 g/mol. The number of benzene rings is 2.